The van der Waals surface area contributed by atoms with Gasteiger partial charge < -0.3 is 0 Å². The number of aromatic nitrogens is 1. The van der Waals surface area contributed by atoms with Crippen molar-refractivity contribution in [2.24, 2.45) is 11.0 Å². The number of amides is 1. The van der Waals surface area contributed by atoms with E-state index in [4.69, 9.17) is 0 Å². The van der Waals surface area contributed by atoms with E-state index in [0.717, 1.165) is 29.7 Å². The highest BCUT2D eigenvalue weighted by Crippen LogP contribution is 2.28. The lowest BCUT2D eigenvalue weighted by molar-refractivity contribution is -0.122. The Morgan fingerprint density at radius 1 is 1.05 bits per heavy atom. The second kappa shape index (κ2) is 5.65. The van der Waals surface area contributed by atoms with Gasteiger partial charge in [0.05, 0.1) is 5.71 Å². The number of nitrogens with one attached hydrogen (secondary N) is 1. The lowest BCUT2D eigenvalue weighted by atomic mass is 10.0. The molecule has 1 aromatic heterocycles. The first-order valence-electron chi connectivity index (χ1n) is 6.68. The quantitative estimate of drug-likeness (QED) is 0.681. The van der Waals surface area contributed by atoms with Crippen LogP contribution < -0.4 is 5.43 Å². The Hall–Kier alpha value is -2.49. The average Bonchev–Trinajstić information content (AvgIpc) is 3.34. The summed E-state index contributed by atoms with van der Waals surface area (Å²) in [6.07, 6.45) is 5.38. The normalized spacial score (nSPS) is 14.9. The molecule has 0 bridgehead atoms. The summed E-state index contributed by atoms with van der Waals surface area (Å²) in [5, 5.41) is 4.31. The first kappa shape index (κ1) is 12.5. The molecule has 3 rings (SSSR count). The van der Waals surface area contributed by atoms with Crippen LogP contribution in [0.2, 0.25) is 0 Å². The van der Waals surface area contributed by atoms with Crippen LogP contribution in [0.25, 0.3) is 0 Å². The Bertz CT molecular complexity index is 577. The molecule has 4 heteroatoms. The second-order valence-electron chi connectivity index (χ2n) is 4.81. The number of carbonyl (C=O) groups excluding carboxylic acids is 1. The van der Waals surface area contributed by atoms with Crippen LogP contribution in [0.5, 0.6) is 0 Å². The van der Waals surface area contributed by atoms with Gasteiger partial charge in [0.15, 0.2) is 0 Å². The van der Waals surface area contributed by atoms with Crippen LogP contribution in [0, 0.1) is 5.92 Å². The summed E-state index contributed by atoms with van der Waals surface area (Å²) in [6, 6.07) is 13.6. The van der Waals surface area contributed by atoms with Crippen LogP contribution in [0.4, 0.5) is 0 Å². The molecule has 4 nitrogen and oxygen atoms in total. The van der Waals surface area contributed by atoms with Gasteiger partial charge in [-0.15, -0.1) is 0 Å². The molecular formula is C16H15N3O. The molecule has 100 valence electrons. The van der Waals surface area contributed by atoms with Gasteiger partial charge in [0, 0.05) is 29.4 Å². The number of carbonyl (C=O) groups is 1. The fourth-order valence-corrected chi connectivity index (χ4v) is 1.95. The van der Waals surface area contributed by atoms with Gasteiger partial charge >= 0.3 is 0 Å². The van der Waals surface area contributed by atoms with Crippen LogP contribution in [-0.4, -0.2) is 16.6 Å². The van der Waals surface area contributed by atoms with Gasteiger partial charge in [0.1, 0.15) is 0 Å². The van der Waals surface area contributed by atoms with E-state index in [1.807, 2.05) is 42.5 Å². The van der Waals surface area contributed by atoms with E-state index >= 15 is 0 Å². The predicted molar refractivity (Wildman–Crippen MR) is 77.2 cm³/mol. The second-order valence-corrected chi connectivity index (χ2v) is 4.81. The highest BCUT2D eigenvalue weighted by atomic mass is 16.2. The van der Waals surface area contributed by atoms with Crippen molar-refractivity contribution in [3.63, 3.8) is 0 Å². The zero-order valence-corrected chi connectivity index (χ0v) is 11.0. The molecule has 0 aliphatic heterocycles. The molecule has 1 heterocycles. The molecule has 1 aliphatic carbocycles. The van der Waals surface area contributed by atoms with Crippen molar-refractivity contribution in [1.82, 2.24) is 10.4 Å². The first-order valence-corrected chi connectivity index (χ1v) is 6.68. The van der Waals surface area contributed by atoms with Gasteiger partial charge in [-0.2, -0.15) is 5.10 Å². The number of hydrazone groups is 1. The van der Waals surface area contributed by atoms with Crippen molar-refractivity contribution < 1.29 is 4.79 Å². The smallest absolute Gasteiger partial charge is 0.243 e. The van der Waals surface area contributed by atoms with Crippen molar-refractivity contribution in [2.45, 2.75) is 12.8 Å². The molecule has 1 saturated carbocycles. The van der Waals surface area contributed by atoms with E-state index in [2.05, 4.69) is 15.5 Å². The van der Waals surface area contributed by atoms with Crippen LogP contribution in [0.1, 0.15) is 24.0 Å². The predicted octanol–water partition coefficient (Wildman–Crippen LogP) is 2.36. The van der Waals surface area contributed by atoms with Crippen LogP contribution >= 0.6 is 0 Å². The van der Waals surface area contributed by atoms with Crippen molar-refractivity contribution in [3.05, 3.63) is 66.0 Å². The van der Waals surface area contributed by atoms with Crippen LogP contribution in [0.15, 0.2) is 60.0 Å². The number of nitrogens with zero attached hydrogens (tertiary/aromatic N) is 2. The molecule has 1 aliphatic rings. The third-order valence-electron chi connectivity index (χ3n) is 3.23. The van der Waals surface area contributed by atoms with Crippen molar-refractivity contribution >= 4 is 11.6 Å². The third-order valence-corrected chi connectivity index (χ3v) is 3.23. The number of hydrogen-bond acceptors (Lipinski definition) is 3. The summed E-state index contributed by atoms with van der Waals surface area (Å²) in [7, 11) is 0. The van der Waals surface area contributed by atoms with Gasteiger partial charge in [-0.3, -0.25) is 9.78 Å². The highest BCUT2D eigenvalue weighted by Gasteiger charge is 2.29. The van der Waals surface area contributed by atoms with E-state index in [1.165, 1.54) is 0 Å². The summed E-state index contributed by atoms with van der Waals surface area (Å²) in [6.45, 7) is 0. The Kier molecular flexibility index (Phi) is 3.54. The first-order chi connectivity index (χ1) is 9.84. The molecule has 0 saturated heterocycles. The Balaban J connectivity index is 1.91. The summed E-state index contributed by atoms with van der Waals surface area (Å²) in [4.78, 5) is 15.8. The molecule has 2 aromatic rings. The molecule has 0 atom stereocenters. The van der Waals surface area contributed by atoms with E-state index in [0.29, 0.717) is 0 Å². The minimum absolute atomic E-state index is 0.00693. The van der Waals surface area contributed by atoms with E-state index in [-0.39, 0.29) is 11.8 Å². The summed E-state index contributed by atoms with van der Waals surface area (Å²) < 4.78 is 0. The molecule has 1 amide bonds. The lowest BCUT2D eigenvalue weighted by Crippen LogP contribution is -2.21. The monoisotopic (exact) mass is 265 g/mol. The van der Waals surface area contributed by atoms with Crippen LogP contribution in [-0.2, 0) is 4.79 Å². The van der Waals surface area contributed by atoms with E-state index in [1.54, 1.807) is 12.4 Å². The minimum atomic E-state index is 0.00693. The number of benzene rings is 1. The summed E-state index contributed by atoms with van der Waals surface area (Å²) >= 11 is 0. The molecule has 1 aromatic carbocycles. The molecular weight excluding hydrogens is 250 g/mol. The Morgan fingerprint density at radius 2 is 1.70 bits per heavy atom. The maximum Gasteiger partial charge on any atom is 0.243 e. The van der Waals surface area contributed by atoms with Gasteiger partial charge in [-0.1, -0.05) is 30.3 Å². The SMILES string of the molecule is O=C(N/N=C(/c1ccccc1)c1ccncc1)C1CC1. The molecule has 0 radical (unpaired) electrons. The Morgan fingerprint density at radius 3 is 2.35 bits per heavy atom. The summed E-state index contributed by atoms with van der Waals surface area (Å²) in [5.41, 5.74) is 5.32. The van der Waals surface area contributed by atoms with Gasteiger partial charge in [0.2, 0.25) is 5.91 Å². The van der Waals surface area contributed by atoms with Gasteiger partial charge in [0.25, 0.3) is 0 Å². The molecule has 20 heavy (non-hydrogen) atoms. The van der Waals surface area contributed by atoms with Crippen LogP contribution in [0.3, 0.4) is 0 Å². The van der Waals surface area contributed by atoms with Crippen molar-refractivity contribution in [2.75, 3.05) is 0 Å². The molecule has 1 N–H and O–H groups in total. The third kappa shape index (κ3) is 2.91. The summed E-state index contributed by atoms with van der Waals surface area (Å²) in [5.74, 6) is 0.153. The molecule has 0 unspecified atom stereocenters. The highest BCUT2D eigenvalue weighted by molar-refractivity contribution is 6.13. The number of rotatable bonds is 4. The largest absolute Gasteiger partial charge is 0.273 e. The van der Waals surface area contributed by atoms with Gasteiger partial charge in [-0.05, 0) is 25.0 Å². The fraction of sp³-hybridized carbons (Fsp3) is 0.188. The Labute approximate surface area is 117 Å². The lowest BCUT2D eigenvalue weighted by Gasteiger charge is -2.07. The maximum absolute atomic E-state index is 11.7. The molecule has 1 fully saturated rings. The zero-order valence-electron chi connectivity index (χ0n) is 11.0. The van der Waals surface area contributed by atoms with E-state index < -0.39 is 0 Å². The standard InChI is InChI=1S/C16H15N3O/c20-16(14-6-7-14)19-18-15(12-4-2-1-3-5-12)13-8-10-17-11-9-13/h1-5,8-11,14H,6-7H2,(H,19,20)/b18-15-. The van der Waals surface area contributed by atoms with E-state index in [9.17, 15) is 4.79 Å². The number of pyridine rings is 1. The number of hydrogen-bond donors (Lipinski definition) is 1. The molecule has 0 spiro atoms. The zero-order chi connectivity index (χ0) is 13.8. The van der Waals surface area contributed by atoms with Gasteiger partial charge in [-0.25, -0.2) is 5.43 Å². The minimum Gasteiger partial charge on any atom is -0.273 e. The van der Waals surface area contributed by atoms with Crippen molar-refractivity contribution in [3.8, 4) is 0 Å². The van der Waals surface area contributed by atoms with Crippen molar-refractivity contribution in [1.29, 1.82) is 0 Å². The average molecular weight is 265 g/mol. The maximum atomic E-state index is 11.7. The topological polar surface area (TPSA) is 54.4 Å². The fourth-order valence-electron chi connectivity index (χ4n) is 1.95.